The van der Waals surface area contributed by atoms with Crippen molar-refractivity contribution in [3.05, 3.63) is 11.7 Å². The van der Waals surface area contributed by atoms with Crippen molar-refractivity contribution in [1.82, 2.24) is 15.0 Å². The van der Waals surface area contributed by atoms with Crippen LogP contribution in [0, 0.1) is 5.92 Å². The summed E-state index contributed by atoms with van der Waals surface area (Å²) >= 11 is 0. The van der Waals surface area contributed by atoms with Crippen LogP contribution in [0.2, 0.25) is 0 Å². The second kappa shape index (κ2) is 7.71. The molecule has 2 rings (SSSR count). The maximum atomic E-state index is 5.43. The van der Waals surface area contributed by atoms with E-state index < -0.39 is 0 Å². The van der Waals surface area contributed by atoms with Gasteiger partial charge < -0.3 is 10.3 Å². The highest BCUT2D eigenvalue weighted by atomic mass is 35.5. The Balaban J connectivity index is 0.00000162. The molecule has 1 fully saturated rings. The van der Waals surface area contributed by atoms with Crippen LogP contribution in [0.1, 0.15) is 43.8 Å². The van der Waals surface area contributed by atoms with Gasteiger partial charge in [-0.15, -0.1) is 12.4 Å². The van der Waals surface area contributed by atoms with Crippen LogP contribution in [-0.2, 0) is 13.1 Å². The van der Waals surface area contributed by atoms with E-state index in [0.717, 1.165) is 24.8 Å². The fourth-order valence-electron chi connectivity index (χ4n) is 2.55. The van der Waals surface area contributed by atoms with Crippen molar-refractivity contribution in [2.45, 2.75) is 45.2 Å². The predicted molar refractivity (Wildman–Crippen MR) is 72.3 cm³/mol. The summed E-state index contributed by atoms with van der Waals surface area (Å²) in [5.74, 6) is 2.10. The molecule has 0 aromatic carbocycles. The molecule has 1 saturated carbocycles. The molecule has 1 aromatic rings. The summed E-state index contributed by atoms with van der Waals surface area (Å²) < 4.78 is 4.99. The molecule has 0 amide bonds. The van der Waals surface area contributed by atoms with Crippen LogP contribution >= 0.6 is 12.4 Å². The zero-order valence-corrected chi connectivity index (χ0v) is 11.8. The van der Waals surface area contributed by atoms with Gasteiger partial charge in [0.1, 0.15) is 0 Å². The minimum absolute atomic E-state index is 0. The Labute approximate surface area is 115 Å². The first-order valence-electron chi connectivity index (χ1n) is 6.48. The second-order valence-corrected chi connectivity index (χ2v) is 5.01. The number of halogens is 1. The Kier molecular flexibility index (Phi) is 6.60. The molecule has 2 N–H and O–H groups in total. The largest absolute Gasteiger partial charge is 0.338 e. The Morgan fingerprint density at radius 3 is 2.67 bits per heavy atom. The summed E-state index contributed by atoms with van der Waals surface area (Å²) in [6.07, 6.45) is 6.91. The zero-order valence-electron chi connectivity index (χ0n) is 11.0. The molecule has 1 heterocycles. The molecule has 1 aliphatic carbocycles. The summed E-state index contributed by atoms with van der Waals surface area (Å²) in [6.45, 7) is 2.20. The number of hydrogen-bond acceptors (Lipinski definition) is 5. The lowest BCUT2D eigenvalue weighted by molar-refractivity contribution is 0.222. The van der Waals surface area contributed by atoms with Crippen molar-refractivity contribution >= 4 is 12.4 Å². The van der Waals surface area contributed by atoms with Gasteiger partial charge in [-0.25, -0.2) is 0 Å². The van der Waals surface area contributed by atoms with E-state index in [-0.39, 0.29) is 12.4 Å². The first kappa shape index (κ1) is 15.4. The molecule has 0 radical (unpaired) electrons. The van der Waals surface area contributed by atoms with Crippen LogP contribution in [0.5, 0.6) is 0 Å². The normalized spacial score (nSPS) is 16.8. The van der Waals surface area contributed by atoms with Gasteiger partial charge in [0.25, 0.3) is 0 Å². The average Bonchev–Trinajstić information content (AvgIpc) is 2.78. The van der Waals surface area contributed by atoms with Crippen LogP contribution in [0.15, 0.2) is 4.52 Å². The summed E-state index contributed by atoms with van der Waals surface area (Å²) in [5.41, 5.74) is 5.43. The second-order valence-electron chi connectivity index (χ2n) is 5.01. The number of nitrogens with two attached hydrogens (primary N) is 1. The number of aromatic nitrogens is 2. The van der Waals surface area contributed by atoms with Gasteiger partial charge in [-0.05, 0) is 25.8 Å². The molecule has 0 atom stereocenters. The molecule has 0 spiro atoms. The lowest BCUT2D eigenvalue weighted by Crippen LogP contribution is -2.27. The Hall–Kier alpha value is -0.650. The molecule has 0 bridgehead atoms. The van der Waals surface area contributed by atoms with Crippen molar-refractivity contribution in [1.29, 1.82) is 0 Å². The standard InChI is InChI=1S/C12H22N4O.ClH/c1-16(8-10-5-3-2-4-6-10)9-11-14-12(7-13)17-15-11;/h10H,2-9,13H2,1H3;1H. The van der Waals surface area contributed by atoms with Gasteiger partial charge in [0.2, 0.25) is 5.89 Å². The molecule has 1 aromatic heterocycles. The fraction of sp³-hybridized carbons (Fsp3) is 0.833. The van der Waals surface area contributed by atoms with Gasteiger partial charge in [-0.1, -0.05) is 24.4 Å². The van der Waals surface area contributed by atoms with E-state index in [1.165, 1.54) is 32.1 Å². The summed E-state index contributed by atoms with van der Waals surface area (Å²) in [4.78, 5) is 6.50. The molecule has 6 heteroatoms. The Morgan fingerprint density at radius 1 is 1.33 bits per heavy atom. The quantitative estimate of drug-likeness (QED) is 0.889. The Morgan fingerprint density at radius 2 is 2.06 bits per heavy atom. The minimum Gasteiger partial charge on any atom is -0.338 e. The third kappa shape index (κ3) is 4.55. The van der Waals surface area contributed by atoms with Gasteiger partial charge in [-0.3, -0.25) is 4.90 Å². The Bertz CT molecular complexity index is 339. The number of nitrogens with zero attached hydrogens (tertiary/aromatic N) is 3. The van der Waals surface area contributed by atoms with Crippen LogP contribution in [-0.4, -0.2) is 28.6 Å². The van der Waals surface area contributed by atoms with Crippen molar-refractivity contribution in [3.63, 3.8) is 0 Å². The topological polar surface area (TPSA) is 68.2 Å². The third-order valence-electron chi connectivity index (χ3n) is 3.39. The predicted octanol–water partition coefficient (Wildman–Crippen LogP) is 1.96. The SMILES string of the molecule is CN(Cc1noc(CN)n1)CC1CCCCC1.Cl. The molecule has 1 aliphatic rings. The maximum Gasteiger partial charge on any atom is 0.240 e. The summed E-state index contributed by atoms with van der Waals surface area (Å²) in [6, 6.07) is 0. The molecular weight excluding hydrogens is 252 g/mol. The fourth-order valence-corrected chi connectivity index (χ4v) is 2.55. The van der Waals surface area contributed by atoms with Crippen molar-refractivity contribution < 1.29 is 4.52 Å². The summed E-state index contributed by atoms with van der Waals surface area (Å²) in [5, 5.41) is 3.91. The monoisotopic (exact) mass is 274 g/mol. The van der Waals surface area contributed by atoms with E-state index in [9.17, 15) is 0 Å². The van der Waals surface area contributed by atoms with E-state index in [1.54, 1.807) is 0 Å². The van der Waals surface area contributed by atoms with E-state index in [0.29, 0.717) is 12.4 Å². The number of rotatable bonds is 5. The molecule has 5 nitrogen and oxygen atoms in total. The van der Waals surface area contributed by atoms with Gasteiger partial charge >= 0.3 is 0 Å². The van der Waals surface area contributed by atoms with Gasteiger partial charge in [0.15, 0.2) is 5.82 Å². The average molecular weight is 275 g/mol. The summed E-state index contributed by atoms with van der Waals surface area (Å²) in [7, 11) is 2.12. The lowest BCUT2D eigenvalue weighted by Gasteiger charge is -2.26. The maximum absolute atomic E-state index is 5.43. The highest BCUT2D eigenvalue weighted by Gasteiger charge is 2.16. The first-order chi connectivity index (χ1) is 8.28. The zero-order chi connectivity index (χ0) is 12.1. The first-order valence-corrected chi connectivity index (χ1v) is 6.48. The smallest absolute Gasteiger partial charge is 0.240 e. The minimum atomic E-state index is 0. The van der Waals surface area contributed by atoms with Crippen LogP contribution in [0.25, 0.3) is 0 Å². The van der Waals surface area contributed by atoms with Gasteiger partial charge in [0.05, 0.1) is 13.1 Å². The molecule has 0 saturated heterocycles. The van der Waals surface area contributed by atoms with Crippen molar-refractivity contribution in [2.75, 3.05) is 13.6 Å². The van der Waals surface area contributed by atoms with Crippen LogP contribution in [0.4, 0.5) is 0 Å². The molecular formula is C12H23ClN4O. The van der Waals surface area contributed by atoms with Gasteiger partial charge in [0, 0.05) is 6.54 Å². The lowest BCUT2D eigenvalue weighted by atomic mass is 9.89. The third-order valence-corrected chi connectivity index (χ3v) is 3.39. The van der Waals surface area contributed by atoms with Crippen molar-refractivity contribution in [3.8, 4) is 0 Å². The molecule has 0 aliphatic heterocycles. The van der Waals surface area contributed by atoms with Crippen LogP contribution < -0.4 is 5.73 Å². The van der Waals surface area contributed by atoms with E-state index in [1.807, 2.05) is 0 Å². The van der Waals surface area contributed by atoms with Gasteiger partial charge in [-0.2, -0.15) is 4.98 Å². The molecule has 18 heavy (non-hydrogen) atoms. The highest BCUT2D eigenvalue weighted by molar-refractivity contribution is 5.85. The molecule has 104 valence electrons. The van der Waals surface area contributed by atoms with Crippen LogP contribution in [0.3, 0.4) is 0 Å². The number of hydrogen-bond donors (Lipinski definition) is 1. The van der Waals surface area contributed by atoms with E-state index >= 15 is 0 Å². The highest BCUT2D eigenvalue weighted by Crippen LogP contribution is 2.24. The van der Waals surface area contributed by atoms with Crippen molar-refractivity contribution in [2.24, 2.45) is 11.7 Å². The molecule has 0 unspecified atom stereocenters. The van der Waals surface area contributed by atoms with E-state index in [2.05, 4.69) is 22.1 Å². The van der Waals surface area contributed by atoms with E-state index in [4.69, 9.17) is 10.3 Å².